The first-order valence-corrected chi connectivity index (χ1v) is 9.97. The second-order valence-corrected chi connectivity index (χ2v) is 7.59. The lowest BCUT2D eigenvalue weighted by Gasteiger charge is -2.22. The summed E-state index contributed by atoms with van der Waals surface area (Å²) in [6.45, 7) is 2.13. The fraction of sp³-hybridized carbons (Fsp3) is 0.182. The van der Waals surface area contributed by atoms with Gasteiger partial charge in [-0.2, -0.15) is 0 Å². The van der Waals surface area contributed by atoms with Crippen LogP contribution in [0.1, 0.15) is 34.2 Å². The number of halogens is 1. The van der Waals surface area contributed by atoms with Crippen molar-refractivity contribution in [2.45, 2.75) is 19.6 Å². The van der Waals surface area contributed by atoms with E-state index in [-0.39, 0.29) is 24.4 Å². The molecule has 0 fully saturated rings. The summed E-state index contributed by atoms with van der Waals surface area (Å²) in [5.41, 5.74) is 1.15. The number of benzene rings is 2. The zero-order valence-corrected chi connectivity index (χ0v) is 16.8. The van der Waals surface area contributed by atoms with Gasteiger partial charge in [-0.3, -0.25) is 4.79 Å². The highest BCUT2D eigenvalue weighted by molar-refractivity contribution is 7.09. The van der Waals surface area contributed by atoms with Gasteiger partial charge < -0.3 is 14.1 Å². The summed E-state index contributed by atoms with van der Waals surface area (Å²) < 4.78 is 24.4. The van der Waals surface area contributed by atoms with E-state index in [9.17, 15) is 9.18 Å². The molecule has 0 aliphatic heterocycles. The van der Waals surface area contributed by atoms with Gasteiger partial charge >= 0.3 is 0 Å². The predicted octanol–water partition coefficient (Wildman–Crippen LogP) is 5.44. The Morgan fingerprint density at radius 3 is 2.76 bits per heavy atom. The summed E-state index contributed by atoms with van der Waals surface area (Å²) in [7, 11) is 1.73. The van der Waals surface area contributed by atoms with Crippen molar-refractivity contribution in [1.82, 2.24) is 9.88 Å². The van der Waals surface area contributed by atoms with Crippen LogP contribution in [0, 0.1) is 5.82 Å². The molecule has 0 saturated heterocycles. The minimum Gasteiger partial charge on any atom is -0.486 e. The molecular formula is C22H19FN2O3S. The molecule has 2 aromatic carbocycles. The number of para-hydroxylation sites is 1. The Balaban J connectivity index is 1.42. The van der Waals surface area contributed by atoms with Gasteiger partial charge in [-0.1, -0.05) is 18.2 Å². The highest BCUT2D eigenvalue weighted by Gasteiger charge is 2.23. The Morgan fingerprint density at radius 2 is 2.00 bits per heavy atom. The molecule has 0 bridgehead atoms. The second kappa shape index (κ2) is 8.05. The molecule has 0 spiro atoms. The summed E-state index contributed by atoms with van der Waals surface area (Å²) in [4.78, 5) is 18.8. The molecule has 0 aliphatic rings. The molecule has 5 nitrogen and oxygen atoms in total. The van der Waals surface area contributed by atoms with Crippen molar-refractivity contribution < 1.29 is 18.3 Å². The molecule has 29 heavy (non-hydrogen) atoms. The zero-order chi connectivity index (χ0) is 20.4. The van der Waals surface area contributed by atoms with E-state index in [1.807, 2.05) is 37.3 Å². The van der Waals surface area contributed by atoms with Crippen molar-refractivity contribution in [1.29, 1.82) is 0 Å². The molecule has 7 heteroatoms. The lowest BCUT2D eigenvalue weighted by molar-refractivity contribution is 0.0722. The number of rotatable bonds is 6. The van der Waals surface area contributed by atoms with Crippen molar-refractivity contribution in [3.05, 3.63) is 82.3 Å². The summed E-state index contributed by atoms with van der Waals surface area (Å²) in [5, 5.41) is 3.39. The molecule has 148 valence electrons. The number of aromatic nitrogens is 1. The number of thiazole rings is 1. The van der Waals surface area contributed by atoms with E-state index in [0.717, 1.165) is 16.7 Å². The Kier molecular flexibility index (Phi) is 5.31. The molecule has 1 amide bonds. The zero-order valence-electron chi connectivity index (χ0n) is 16.0. The van der Waals surface area contributed by atoms with Crippen LogP contribution in [-0.4, -0.2) is 22.8 Å². The Bertz CT molecular complexity index is 1100. The number of carbonyl (C=O) groups excluding carboxylic acids is 1. The molecule has 0 N–H and O–H groups in total. The van der Waals surface area contributed by atoms with E-state index in [1.54, 1.807) is 29.5 Å². The van der Waals surface area contributed by atoms with Crippen LogP contribution < -0.4 is 4.74 Å². The maximum Gasteiger partial charge on any atom is 0.273 e. The van der Waals surface area contributed by atoms with Gasteiger partial charge in [-0.15, -0.1) is 11.3 Å². The summed E-state index contributed by atoms with van der Waals surface area (Å²) in [6.07, 6.45) is 0. The molecule has 0 saturated carbocycles. The Morgan fingerprint density at radius 1 is 1.24 bits per heavy atom. The average Bonchev–Trinajstić information content (AvgIpc) is 3.38. The maximum atomic E-state index is 13.0. The van der Waals surface area contributed by atoms with Gasteiger partial charge in [0, 0.05) is 17.8 Å². The number of ether oxygens (including phenoxy) is 1. The number of hydrogen-bond acceptors (Lipinski definition) is 5. The average molecular weight is 410 g/mol. The van der Waals surface area contributed by atoms with Crippen molar-refractivity contribution in [2.24, 2.45) is 0 Å². The van der Waals surface area contributed by atoms with Gasteiger partial charge in [0.2, 0.25) is 0 Å². The number of nitrogens with zero attached hydrogens (tertiary/aromatic N) is 2. The highest BCUT2D eigenvalue weighted by Crippen LogP contribution is 2.27. The van der Waals surface area contributed by atoms with E-state index >= 15 is 0 Å². The highest BCUT2D eigenvalue weighted by atomic mass is 32.1. The molecule has 4 aromatic rings. The fourth-order valence-electron chi connectivity index (χ4n) is 2.91. The van der Waals surface area contributed by atoms with Gasteiger partial charge in [-0.05, 0) is 43.3 Å². The fourth-order valence-corrected chi connectivity index (χ4v) is 3.59. The van der Waals surface area contributed by atoms with Crippen molar-refractivity contribution in [3.8, 4) is 5.75 Å². The Labute approximate surface area is 171 Å². The second-order valence-electron chi connectivity index (χ2n) is 6.65. The largest absolute Gasteiger partial charge is 0.486 e. The van der Waals surface area contributed by atoms with Crippen LogP contribution in [0.2, 0.25) is 0 Å². The van der Waals surface area contributed by atoms with Gasteiger partial charge in [0.15, 0.2) is 0 Å². The van der Waals surface area contributed by atoms with E-state index in [1.165, 1.54) is 23.5 Å². The first-order chi connectivity index (χ1) is 14.0. The normalized spacial score (nSPS) is 12.1. The predicted molar refractivity (Wildman–Crippen MR) is 110 cm³/mol. The molecule has 2 heterocycles. The van der Waals surface area contributed by atoms with E-state index in [2.05, 4.69) is 4.98 Å². The number of hydrogen-bond donors (Lipinski definition) is 0. The molecule has 2 aromatic heterocycles. The van der Waals surface area contributed by atoms with Crippen LogP contribution in [-0.2, 0) is 6.61 Å². The number of amides is 1. The topological polar surface area (TPSA) is 55.6 Å². The van der Waals surface area contributed by atoms with Crippen LogP contribution >= 0.6 is 11.3 Å². The van der Waals surface area contributed by atoms with E-state index in [4.69, 9.17) is 9.15 Å². The van der Waals surface area contributed by atoms with Crippen LogP contribution in [0.15, 0.2) is 64.4 Å². The minimum atomic E-state index is -0.318. The molecule has 0 unspecified atom stereocenters. The first kappa shape index (κ1) is 19.1. The summed E-state index contributed by atoms with van der Waals surface area (Å²) in [6, 6.07) is 15.2. The summed E-state index contributed by atoms with van der Waals surface area (Å²) >= 11 is 1.35. The number of furan rings is 1. The van der Waals surface area contributed by atoms with E-state index < -0.39 is 0 Å². The standard InChI is InChI=1S/C22H19FN2O3S/c1-14(20-11-15-5-3-4-6-19(15)28-20)25(2)22(26)18-13-29-21(24-18)12-27-17-9-7-16(23)8-10-17/h3-11,13-14H,12H2,1-2H3/t14-/m0/s1. The molecule has 1 atom stereocenters. The van der Waals surface area contributed by atoms with Gasteiger partial charge in [0.25, 0.3) is 5.91 Å². The first-order valence-electron chi connectivity index (χ1n) is 9.09. The summed E-state index contributed by atoms with van der Waals surface area (Å²) in [5.74, 6) is 0.755. The van der Waals surface area contributed by atoms with E-state index in [0.29, 0.717) is 16.5 Å². The lowest BCUT2D eigenvalue weighted by Crippen LogP contribution is -2.29. The minimum absolute atomic E-state index is 0.192. The third-order valence-corrected chi connectivity index (χ3v) is 5.53. The third-order valence-electron chi connectivity index (χ3n) is 4.70. The quantitative estimate of drug-likeness (QED) is 0.425. The van der Waals surface area contributed by atoms with Crippen LogP contribution in [0.5, 0.6) is 5.75 Å². The Hall–Kier alpha value is -3.19. The SMILES string of the molecule is C[C@@H](c1cc2ccccc2o1)N(C)C(=O)c1csc(COc2ccc(F)cc2)n1. The monoisotopic (exact) mass is 410 g/mol. The van der Waals surface area contributed by atoms with Crippen molar-refractivity contribution in [3.63, 3.8) is 0 Å². The molecule has 0 aliphatic carbocycles. The number of carbonyl (C=O) groups is 1. The smallest absolute Gasteiger partial charge is 0.273 e. The van der Waals surface area contributed by atoms with Crippen LogP contribution in [0.3, 0.4) is 0 Å². The van der Waals surface area contributed by atoms with Gasteiger partial charge in [0.05, 0.1) is 6.04 Å². The number of fused-ring (bicyclic) bond motifs is 1. The van der Waals surface area contributed by atoms with Crippen LogP contribution in [0.25, 0.3) is 11.0 Å². The van der Waals surface area contributed by atoms with Crippen molar-refractivity contribution >= 4 is 28.2 Å². The van der Waals surface area contributed by atoms with Gasteiger partial charge in [-0.25, -0.2) is 9.37 Å². The lowest BCUT2D eigenvalue weighted by atomic mass is 10.2. The third kappa shape index (κ3) is 4.14. The van der Waals surface area contributed by atoms with Crippen molar-refractivity contribution in [2.75, 3.05) is 7.05 Å². The van der Waals surface area contributed by atoms with Crippen LogP contribution in [0.4, 0.5) is 4.39 Å². The maximum absolute atomic E-state index is 13.0. The molecule has 4 rings (SSSR count). The van der Waals surface area contributed by atoms with Gasteiger partial charge in [0.1, 0.15) is 40.2 Å². The molecule has 0 radical (unpaired) electrons. The molecular weight excluding hydrogens is 391 g/mol.